The molecule has 76 valence electrons. The number of aromatic amines is 1. The first-order valence-electron chi connectivity index (χ1n) is 4.01. The summed E-state index contributed by atoms with van der Waals surface area (Å²) in [4.78, 5) is 25.8. The molecule has 7 heteroatoms. The molecule has 7 nitrogen and oxygen atoms in total. The first-order valence-corrected chi connectivity index (χ1v) is 4.01. The Balaban J connectivity index is 2.47. The van der Waals surface area contributed by atoms with Crippen molar-refractivity contribution in [1.82, 2.24) is 25.8 Å². The van der Waals surface area contributed by atoms with Crippen molar-refractivity contribution in [1.29, 1.82) is 0 Å². The van der Waals surface area contributed by atoms with Gasteiger partial charge in [-0.2, -0.15) is 0 Å². The zero-order chi connectivity index (χ0) is 10.6. The fraction of sp³-hybridized carbons (Fsp3) is 0.429. The standard InChI is InChI=1S/C7H11N5O2/c1-4-10-6(12-11-4)7(14)9-3-5(13)8-2/h3H2,1-2H3,(H,8,13)(H,9,14)(H,10,11,12). The minimum Gasteiger partial charge on any atom is -0.358 e. The van der Waals surface area contributed by atoms with Crippen molar-refractivity contribution in [2.75, 3.05) is 13.6 Å². The predicted octanol–water partition coefficient (Wildman–Crippen LogP) is -1.41. The summed E-state index contributed by atoms with van der Waals surface area (Å²) in [5.41, 5.74) is 0. The molecule has 0 atom stereocenters. The Morgan fingerprint density at radius 1 is 1.50 bits per heavy atom. The highest BCUT2D eigenvalue weighted by Crippen LogP contribution is 1.89. The number of aryl methyl sites for hydroxylation is 1. The van der Waals surface area contributed by atoms with E-state index in [9.17, 15) is 9.59 Å². The van der Waals surface area contributed by atoms with Crippen molar-refractivity contribution in [2.45, 2.75) is 6.92 Å². The molecular formula is C7H11N5O2. The van der Waals surface area contributed by atoms with Gasteiger partial charge in [0.2, 0.25) is 11.7 Å². The van der Waals surface area contributed by atoms with Crippen LogP contribution in [0.5, 0.6) is 0 Å². The molecule has 0 aliphatic rings. The van der Waals surface area contributed by atoms with Gasteiger partial charge in [0.05, 0.1) is 6.54 Å². The Labute approximate surface area is 80.3 Å². The molecule has 0 saturated heterocycles. The van der Waals surface area contributed by atoms with Crippen LogP contribution in [-0.2, 0) is 4.79 Å². The number of amides is 2. The Morgan fingerprint density at radius 3 is 2.71 bits per heavy atom. The number of carbonyl (C=O) groups is 2. The van der Waals surface area contributed by atoms with Crippen LogP contribution in [-0.4, -0.2) is 40.6 Å². The van der Waals surface area contributed by atoms with Gasteiger partial charge in [-0.05, 0) is 6.92 Å². The van der Waals surface area contributed by atoms with Gasteiger partial charge in [0.25, 0.3) is 5.91 Å². The number of likely N-dealkylation sites (N-methyl/N-ethyl adjacent to an activating group) is 1. The highest BCUT2D eigenvalue weighted by Gasteiger charge is 2.11. The molecule has 0 bridgehead atoms. The average molecular weight is 197 g/mol. The predicted molar refractivity (Wildman–Crippen MR) is 47.5 cm³/mol. The molecule has 0 aliphatic heterocycles. The van der Waals surface area contributed by atoms with Gasteiger partial charge in [0.1, 0.15) is 5.82 Å². The largest absolute Gasteiger partial charge is 0.358 e. The second-order valence-corrected chi connectivity index (χ2v) is 2.60. The van der Waals surface area contributed by atoms with Crippen LogP contribution in [0.25, 0.3) is 0 Å². The lowest BCUT2D eigenvalue weighted by Gasteiger charge is -1.99. The molecular weight excluding hydrogens is 186 g/mol. The van der Waals surface area contributed by atoms with Crippen molar-refractivity contribution < 1.29 is 9.59 Å². The lowest BCUT2D eigenvalue weighted by Crippen LogP contribution is -2.35. The molecule has 1 aromatic heterocycles. The average Bonchev–Trinajstić information content (AvgIpc) is 2.60. The molecule has 14 heavy (non-hydrogen) atoms. The van der Waals surface area contributed by atoms with Gasteiger partial charge in [-0.15, -0.1) is 5.10 Å². The molecule has 0 saturated carbocycles. The van der Waals surface area contributed by atoms with Gasteiger partial charge in [-0.3, -0.25) is 14.7 Å². The van der Waals surface area contributed by atoms with Crippen LogP contribution >= 0.6 is 0 Å². The molecule has 0 unspecified atom stereocenters. The van der Waals surface area contributed by atoms with Crippen molar-refractivity contribution >= 4 is 11.8 Å². The number of rotatable bonds is 3. The van der Waals surface area contributed by atoms with Gasteiger partial charge in [-0.1, -0.05) is 0 Å². The van der Waals surface area contributed by atoms with Gasteiger partial charge in [0.15, 0.2) is 0 Å². The van der Waals surface area contributed by atoms with E-state index in [4.69, 9.17) is 0 Å². The molecule has 2 amide bonds. The molecule has 1 aromatic rings. The van der Waals surface area contributed by atoms with Crippen molar-refractivity contribution in [3.63, 3.8) is 0 Å². The van der Waals surface area contributed by atoms with E-state index in [-0.39, 0.29) is 18.3 Å². The Kier molecular flexibility index (Phi) is 3.16. The van der Waals surface area contributed by atoms with E-state index in [2.05, 4.69) is 25.8 Å². The van der Waals surface area contributed by atoms with E-state index >= 15 is 0 Å². The summed E-state index contributed by atoms with van der Waals surface area (Å²) >= 11 is 0. The zero-order valence-corrected chi connectivity index (χ0v) is 7.92. The summed E-state index contributed by atoms with van der Waals surface area (Å²) in [6, 6.07) is 0. The van der Waals surface area contributed by atoms with E-state index < -0.39 is 5.91 Å². The van der Waals surface area contributed by atoms with Crippen LogP contribution in [0.15, 0.2) is 0 Å². The van der Waals surface area contributed by atoms with Crippen LogP contribution in [0, 0.1) is 6.92 Å². The monoisotopic (exact) mass is 197 g/mol. The second kappa shape index (κ2) is 4.35. The maximum Gasteiger partial charge on any atom is 0.291 e. The topological polar surface area (TPSA) is 99.8 Å². The normalized spacial score (nSPS) is 9.57. The van der Waals surface area contributed by atoms with E-state index in [1.54, 1.807) is 6.92 Å². The zero-order valence-electron chi connectivity index (χ0n) is 7.92. The highest BCUT2D eigenvalue weighted by molar-refractivity contribution is 5.93. The van der Waals surface area contributed by atoms with Gasteiger partial charge in [0, 0.05) is 7.05 Å². The number of aromatic nitrogens is 3. The van der Waals surface area contributed by atoms with Crippen molar-refractivity contribution in [3.8, 4) is 0 Å². The van der Waals surface area contributed by atoms with Crippen LogP contribution < -0.4 is 10.6 Å². The summed E-state index contributed by atoms with van der Waals surface area (Å²) in [5, 5.41) is 10.9. The first kappa shape index (κ1) is 10.2. The molecule has 0 aromatic carbocycles. The highest BCUT2D eigenvalue weighted by atomic mass is 16.2. The maximum absolute atomic E-state index is 11.2. The second-order valence-electron chi connectivity index (χ2n) is 2.60. The number of hydrogen-bond donors (Lipinski definition) is 3. The number of hydrogen-bond acceptors (Lipinski definition) is 4. The number of H-pyrrole nitrogens is 1. The van der Waals surface area contributed by atoms with Crippen LogP contribution in [0.2, 0.25) is 0 Å². The summed E-state index contributed by atoms with van der Waals surface area (Å²) in [5.74, 6) is -0.162. The van der Waals surface area contributed by atoms with Gasteiger partial charge < -0.3 is 10.6 Å². The molecule has 3 N–H and O–H groups in total. The minimum absolute atomic E-state index is 0.0337. The molecule has 0 aliphatic carbocycles. The van der Waals surface area contributed by atoms with Crippen LogP contribution in [0.3, 0.4) is 0 Å². The Morgan fingerprint density at radius 2 is 2.21 bits per heavy atom. The van der Waals surface area contributed by atoms with Crippen molar-refractivity contribution in [2.24, 2.45) is 0 Å². The quantitative estimate of drug-likeness (QED) is 0.554. The lowest BCUT2D eigenvalue weighted by molar-refractivity contribution is -0.119. The minimum atomic E-state index is -0.474. The van der Waals surface area contributed by atoms with Crippen LogP contribution in [0.1, 0.15) is 16.4 Å². The SMILES string of the molecule is CNC(=O)CNC(=O)c1n[nH]c(C)n1. The third-order valence-electron chi connectivity index (χ3n) is 1.49. The molecule has 0 spiro atoms. The molecule has 1 rings (SSSR count). The molecule has 1 heterocycles. The third kappa shape index (κ3) is 2.54. The fourth-order valence-corrected chi connectivity index (χ4v) is 0.772. The van der Waals surface area contributed by atoms with E-state index in [1.165, 1.54) is 7.05 Å². The smallest absolute Gasteiger partial charge is 0.291 e. The van der Waals surface area contributed by atoms with E-state index in [0.717, 1.165) is 0 Å². The lowest BCUT2D eigenvalue weighted by atomic mass is 10.5. The van der Waals surface area contributed by atoms with Crippen LogP contribution in [0.4, 0.5) is 0 Å². The molecule has 0 fully saturated rings. The van der Waals surface area contributed by atoms with Gasteiger partial charge in [-0.25, -0.2) is 4.98 Å². The Hall–Kier alpha value is -1.92. The van der Waals surface area contributed by atoms with Gasteiger partial charge >= 0.3 is 0 Å². The maximum atomic E-state index is 11.2. The Bertz CT molecular complexity index is 346. The number of nitrogens with one attached hydrogen (secondary N) is 3. The van der Waals surface area contributed by atoms with E-state index in [0.29, 0.717) is 5.82 Å². The van der Waals surface area contributed by atoms with Crippen molar-refractivity contribution in [3.05, 3.63) is 11.6 Å². The summed E-state index contributed by atoms with van der Waals surface area (Å²) < 4.78 is 0. The summed E-state index contributed by atoms with van der Waals surface area (Å²) in [7, 11) is 1.49. The molecule has 0 radical (unpaired) electrons. The number of nitrogens with zero attached hydrogens (tertiary/aromatic N) is 2. The first-order chi connectivity index (χ1) is 6.63. The third-order valence-corrected chi connectivity index (χ3v) is 1.49. The van der Waals surface area contributed by atoms with E-state index in [1.807, 2.05) is 0 Å². The summed E-state index contributed by atoms with van der Waals surface area (Å²) in [6.45, 7) is 1.60. The summed E-state index contributed by atoms with van der Waals surface area (Å²) in [6.07, 6.45) is 0. The number of carbonyl (C=O) groups excluding carboxylic acids is 2. The fourth-order valence-electron chi connectivity index (χ4n) is 0.772.